The standard InChI is InChI=1S/C25H29N3O/c1-5-14-28(25(29)26-24-20(3)10-7-11-21(24)4)18-23-13-8-15-27(23)17-22-12-6-9-19(2)16-22/h5-13,15-16H,1,14,17-18H2,2-4H3,(H,26,29). The summed E-state index contributed by atoms with van der Waals surface area (Å²) in [5, 5.41) is 3.08. The van der Waals surface area contributed by atoms with Crippen LogP contribution in [0, 0.1) is 20.8 Å². The predicted octanol–water partition coefficient (Wildman–Crippen LogP) is 5.68. The summed E-state index contributed by atoms with van der Waals surface area (Å²) < 4.78 is 2.19. The van der Waals surface area contributed by atoms with Crippen LogP contribution in [0.15, 0.2) is 73.4 Å². The molecular weight excluding hydrogens is 358 g/mol. The number of amides is 2. The molecule has 0 aliphatic rings. The van der Waals surface area contributed by atoms with Crippen LogP contribution in [0.2, 0.25) is 0 Å². The van der Waals surface area contributed by atoms with Gasteiger partial charge < -0.3 is 14.8 Å². The van der Waals surface area contributed by atoms with E-state index in [0.29, 0.717) is 13.1 Å². The third-order valence-electron chi connectivity index (χ3n) is 5.06. The molecule has 0 aliphatic carbocycles. The molecule has 2 aromatic carbocycles. The summed E-state index contributed by atoms with van der Waals surface area (Å²) in [7, 11) is 0. The summed E-state index contributed by atoms with van der Waals surface area (Å²) in [6, 6.07) is 18.5. The van der Waals surface area contributed by atoms with E-state index in [4.69, 9.17) is 0 Å². The van der Waals surface area contributed by atoms with Gasteiger partial charge in [0.05, 0.1) is 6.54 Å². The molecule has 0 spiro atoms. The molecular formula is C25H29N3O. The van der Waals surface area contributed by atoms with Gasteiger partial charge in [0.25, 0.3) is 0 Å². The third kappa shape index (κ3) is 5.17. The number of nitrogens with zero attached hydrogens (tertiary/aromatic N) is 2. The van der Waals surface area contributed by atoms with Crippen LogP contribution < -0.4 is 5.32 Å². The smallest absolute Gasteiger partial charge is 0.322 e. The molecule has 4 nitrogen and oxygen atoms in total. The Labute approximate surface area is 173 Å². The first-order valence-corrected chi connectivity index (χ1v) is 9.90. The number of hydrogen-bond donors (Lipinski definition) is 1. The van der Waals surface area contributed by atoms with Crippen LogP contribution in [-0.4, -0.2) is 22.0 Å². The van der Waals surface area contributed by atoms with Crippen molar-refractivity contribution in [1.29, 1.82) is 0 Å². The zero-order valence-electron chi connectivity index (χ0n) is 17.5. The van der Waals surface area contributed by atoms with Crippen LogP contribution in [0.1, 0.15) is 27.9 Å². The number of aryl methyl sites for hydroxylation is 3. The molecule has 4 heteroatoms. The zero-order chi connectivity index (χ0) is 20.8. The largest absolute Gasteiger partial charge is 0.345 e. The fourth-order valence-electron chi connectivity index (χ4n) is 3.52. The highest BCUT2D eigenvalue weighted by Gasteiger charge is 2.16. The van der Waals surface area contributed by atoms with Crippen LogP contribution in [0.5, 0.6) is 0 Å². The summed E-state index contributed by atoms with van der Waals surface area (Å²) in [6.07, 6.45) is 3.82. The number of rotatable bonds is 7. The topological polar surface area (TPSA) is 37.3 Å². The van der Waals surface area contributed by atoms with E-state index in [1.54, 1.807) is 11.0 Å². The quantitative estimate of drug-likeness (QED) is 0.520. The van der Waals surface area contributed by atoms with Crippen molar-refractivity contribution in [3.05, 3.63) is 101 Å². The number of benzene rings is 2. The molecule has 3 aromatic rings. The van der Waals surface area contributed by atoms with E-state index in [0.717, 1.165) is 29.1 Å². The van der Waals surface area contributed by atoms with E-state index in [2.05, 4.69) is 59.9 Å². The molecule has 0 unspecified atom stereocenters. The number of carbonyl (C=O) groups is 1. The van der Waals surface area contributed by atoms with Gasteiger partial charge in [0.1, 0.15) is 0 Å². The number of nitrogens with one attached hydrogen (secondary N) is 1. The fourth-order valence-corrected chi connectivity index (χ4v) is 3.52. The van der Waals surface area contributed by atoms with Crippen molar-refractivity contribution < 1.29 is 4.79 Å². The summed E-state index contributed by atoms with van der Waals surface area (Å²) >= 11 is 0. The molecule has 1 heterocycles. The number of para-hydroxylation sites is 1. The average molecular weight is 388 g/mol. The highest BCUT2D eigenvalue weighted by Crippen LogP contribution is 2.20. The fraction of sp³-hybridized carbons (Fsp3) is 0.240. The van der Waals surface area contributed by atoms with E-state index in [-0.39, 0.29) is 6.03 Å². The molecule has 2 amide bonds. The zero-order valence-corrected chi connectivity index (χ0v) is 17.5. The van der Waals surface area contributed by atoms with E-state index < -0.39 is 0 Å². The van der Waals surface area contributed by atoms with Crippen molar-refractivity contribution in [2.24, 2.45) is 0 Å². The number of aromatic nitrogens is 1. The van der Waals surface area contributed by atoms with Crippen LogP contribution in [0.25, 0.3) is 0 Å². The van der Waals surface area contributed by atoms with Crippen molar-refractivity contribution in [3.63, 3.8) is 0 Å². The maximum absolute atomic E-state index is 13.0. The third-order valence-corrected chi connectivity index (χ3v) is 5.06. The van der Waals surface area contributed by atoms with Gasteiger partial charge in [-0.15, -0.1) is 6.58 Å². The van der Waals surface area contributed by atoms with Gasteiger partial charge in [-0.1, -0.05) is 54.1 Å². The summed E-state index contributed by atoms with van der Waals surface area (Å²) in [6.45, 7) is 11.7. The van der Waals surface area contributed by atoms with Crippen molar-refractivity contribution in [2.45, 2.75) is 33.9 Å². The van der Waals surface area contributed by atoms with Crippen molar-refractivity contribution in [2.75, 3.05) is 11.9 Å². The normalized spacial score (nSPS) is 10.6. The van der Waals surface area contributed by atoms with E-state index in [1.165, 1.54) is 11.1 Å². The van der Waals surface area contributed by atoms with Gasteiger partial charge in [-0.2, -0.15) is 0 Å². The molecule has 0 aliphatic heterocycles. The number of anilines is 1. The Morgan fingerprint density at radius 3 is 2.48 bits per heavy atom. The average Bonchev–Trinajstić information content (AvgIpc) is 3.11. The predicted molar refractivity (Wildman–Crippen MR) is 120 cm³/mol. The molecule has 0 fully saturated rings. The van der Waals surface area contributed by atoms with Gasteiger partial charge in [-0.05, 0) is 49.6 Å². The first-order valence-electron chi connectivity index (χ1n) is 9.90. The maximum Gasteiger partial charge on any atom is 0.322 e. The minimum absolute atomic E-state index is 0.120. The number of urea groups is 1. The highest BCUT2D eigenvalue weighted by molar-refractivity contribution is 5.91. The van der Waals surface area contributed by atoms with Crippen LogP contribution in [0.4, 0.5) is 10.5 Å². The lowest BCUT2D eigenvalue weighted by Crippen LogP contribution is -2.35. The van der Waals surface area contributed by atoms with E-state index in [1.807, 2.05) is 38.1 Å². The lowest BCUT2D eigenvalue weighted by molar-refractivity contribution is 0.214. The van der Waals surface area contributed by atoms with E-state index >= 15 is 0 Å². The number of hydrogen-bond acceptors (Lipinski definition) is 1. The molecule has 0 atom stereocenters. The Hall–Kier alpha value is -3.27. The monoisotopic (exact) mass is 387 g/mol. The highest BCUT2D eigenvalue weighted by atomic mass is 16.2. The Balaban J connectivity index is 1.76. The maximum atomic E-state index is 13.0. The summed E-state index contributed by atoms with van der Waals surface area (Å²) in [5.74, 6) is 0. The van der Waals surface area contributed by atoms with Crippen molar-refractivity contribution >= 4 is 11.7 Å². The van der Waals surface area contributed by atoms with Gasteiger partial charge in [-0.25, -0.2) is 4.79 Å². The van der Waals surface area contributed by atoms with Gasteiger partial charge in [0.15, 0.2) is 0 Å². The summed E-state index contributed by atoms with van der Waals surface area (Å²) in [5.41, 5.74) is 6.57. The molecule has 0 bridgehead atoms. The molecule has 3 rings (SSSR count). The Morgan fingerprint density at radius 1 is 1.07 bits per heavy atom. The van der Waals surface area contributed by atoms with E-state index in [9.17, 15) is 4.79 Å². The minimum Gasteiger partial charge on any atom is -0.345 e. The Kier molecular flexibility index (Phi) is 6.55. The first kappa shape index (κ1) is 20.5. The Bertz CT molecular complexity index is 983. The lowest BCUT2D eigenvalue weighted by atomic mass is 10.1. The van der Waals surface area contributed by atoms with Crippen LogP contribution >= 0.6 is 0 Å². The van der Waals surface area contributed by atoms with Gasteiger partial charge >= 0.3 is 6.03 Å². The molecule has 0 radical (unpaired) electrons. The van der Waals surface area contributed by atoms with Crippen LogP contribution in [0.3, 0.4) is 0 Å². The first-order chi connectivity index (χ1) is 14.0. The Morgan fingerprint density at radius 2 is 1.79 bits per heavy atom. The second-order valence-electron chi connectivity index (χ2n) is 7.48. The second kappa shape index (κ2) is 9.28. The lowest BCUT2D eigenvalue weighted by Gasteiger charge is -2.24. The molecule has 1 N–H and O–H groups in total. The van der Waals surface area contributed by atoms with Crippen molar-refractivity contribution in [1.82, 2.24) is 9.47 Å². The van der Waals surface area contributed by atoms with Crippen molar-refractivity contribution in [3.8, 4) is 0 Å². The molecule has 29 heavy (non-hydrogen) atoms. The van der Waals surface area contributed by atoms with Gasteiger partial charge in [-0.3, -0.25) is 0 Å². The molecule has 0 saturated carbocycles. The minimum atomic E-state index is -0.120. The second-order valence-corrected chi connectivity index (χ2v) is 7.48. The summed E-state index contributed by atoms with van der Waals surface area (Å²) in [4.78, 5) is 14.8. The van der Waals surface area contributed by atoms with Crippen LogP contribution in [-0.2, 0) is 13.1 Å². The number of carbonyl (C=O) groups excluding carboxylic acids is 1. The van der Waals surface area contributed by atoms with Gasteiger partial charge in [0.2, 0.25) is 0 Å². The molecule has 0 saturated heterocycles. The molecule has 150 valence electrons. The SMILES string of the molecule is C=CCN(Cc1cccn1Cc1cccc(C)c1)C(=O)Nc1c(C)cccc1C. The van der Waals surface area contributed by atoms with Gasteiger partial charge in [0, 0.05) is 30.7 Å². The molecule has 1 aromatic heterocycles.